The van der Waals surface area contributed by atoms with Crippen LogP contribution in [0.3, 0.4) is 0 Å². The van der Waals surface area contributed by atoms with Gasteiger partial charge in [-0.1, -0.05) is 0 Å². The molecule has 42 valence electrons. The molecule has 0 saturated carbocycles. The average molecular weight is 108 g/mol. The normalized spacial score (nSPS) is 50.1. The predicted molar refractivity (Wildman–Crippen MR) is 29.1 cm³/mol. The first-order chi connectivity index (χ1) is 3.93. The maximum absolute atomic E-state index is 8.42. The van der Waals surface area contributed by atoms with E-state index >= 15 is 0 Å². The van der Waals surface area contributed by atoms with Gasteiger partial charge in [-0.05, 0) is 19.4 Å². The molecule has 0 aromatic carbocycles. The van der Waals surface area contributed by atoms with Gasteiger partial charge >= 0.3 is 0 Å². The van der Waals surface area contributed by atoms with Crippen LogP contribution in [0.2, 0.25) is 0 Å². The Bertz CT molecular complexity index is 137. The van der Waals surface area contributed by atoms with Crippen molar-refractivity contribution in [3.8, 4) is 6.07 Å². The number of nitriles is 1. The van der Waals surface area contributed by atoms with Crippen LogP contribution < -0.4 is 0 Å². The van der Waals surface area contributed by atoms with Gasteiger partial charge in [0.05, 0.1) is 6.07 Å². The number of piperidine rings is 1. The topological polar surface area (TPSA) is 26.8 Å². The van der Waals surface area contributed by atoms with Crippen molar-refractivity contribution in [2.24, 2.45) is 0 Å². The maximum Gasteiger partial charge on any atom is 0.114 e. The second-order valence-corrected chi connectivity index (χ2v) is 2.52. The van der Waals surface area contributed by atoms with Crippen LogP contribution in [0.15, 0.2) is 0 Å². The summed E-state index contributed by atoms with van der Waals surface area (Å²) in [7, 11) is 0. The van der Waals surface area contributed by atoms with E-state index in [1.54, 1.807) is 0 Å². The number of fused-ring (bicyclic) bond motifs is 1. The van der Waals surface area contributed by atoms with Crippen molar-refractivity contribution in [1.82, 2.24) is 4.90 Å². The van der Waals surface area contributed by atoms with Gasteiger partial charge in [0.1, 0.15) is 6.04 Å². The van der Waals surface area contributed by atoms with E-state index < -0.39 is 0 Å². The molecular formula is C6H8N2. The Hall–Kier alpha value is -0.550. The molecule has 0 aromatic rings. The molecule has 0 amide bonds. The van der Waals surface area contributed by atoms with Crippen LogP contribution in [0.1, 0.15) is 12.8 Å². The van der Waals surface area contributed by atoms with Crippen molar-refractivity contribution in [3.63, 3.8) is 0 Å². The molecule has 0 radical (unpaired) electrons. The largest absolute Gasteiger partial charge is 0.281 e. The average Bonchev–Trinajstić information content (AvgIpc) is 2.22. The van der Waals surface area contributed by atoms with Crippen molar-refractivity contribution in [1.29, 1.82) is 5.26 Å². The fourth-order valence-electron chi connectivity index (χ4n) is 1.60. The maximum atomic E-state index is 8.42. The summed E-state index contributed by atoms with van der Waals surface area (Å²) in [4.78, 5) is 2.26. The van der Waals surface area contributed by atoms with Crippen LogP contribution >= 0.6 is 0 Å². The summed E-state index contributed by atoms with van der Waals surface area (Å²) in [6.45, 7) is 1.17. The Morgan fingerprint density at radius 2 is 2.50 bits per heavy atom. The molecule has 2 aliphatic rings. The lowest BCUT2D eigenvalue weighted by molar-refractivity contribution is 0.567. The molecule has 2 fully saturated rings. The molecule has 8 heavy (non-hydrogen) atoms. The highest BCUT2D eigenvalue weighted by Crippen LogP contribution is 2.37. The molecule has 2 heterocycles. The van der Waals surface area contributed by atoms with Gasteiger partial charge in [-0.2, -0.15) is 5.26 Å². The van der Waals surface area contributed by atoms with Gasteiger partial charge in [-0.25, -0.2) is 0 Å². The first-order valence-corrected chi connectivity index (χ1v) is 3.09. The SMILES string of the molecule is N#CC1C2CCCN12. The zero-order chi connectivity index (χ0) is 5.56. The van der Waals surface area contributed by atoms with Crippen LogP contribution in [-0.4, -0.2) is 23.5 Å². The van der Waals surface area contributed by atoms with E-state index in [1.807, 2.05) is 0 Å². The number of hydrogen-bond donors (Lipinski definition) is 0. The van der Waals surface area contributed by atoms with E-state index in [9.17, 15) is 0 Å². The predicted octanol–water partition coefficient (Wildman–Crippen LogP) is 0.357. The highest BCUT2D eigenvalue weighted by Gasteiger charge is 2.50. The van der Waals surface area contributed by atoms with E-state index in [4.69, 9.17) is 5.26 Å². The molecule has 0 N–H and O–H groups in total. The second-order valence-electron chi connectivity index (χ2n) is 2.52. The Morgan fingerprint density at radius 3 is 2.88 bits per heavy atom. The molecule has 2 nitrogen and oxygen atoms in total. The van der Waals surface area contributed by atoms with Crippen LogP contribution in [0.5, 0.6) is 0 Å². The van der Waals surface area contributed by atoms with Gasteiger partial charge in [-0.3, -0.25) is 4.90 Å². The lowest BCUT2D eigenvalue weighted by Gasteiger charge is -1.88. The van der Waals surface area contributed by atoms with Gasteiger partial charge in [0, 0.05) is 6.04 Å². The van der Waals surface area contributed by atoms with Crippen LogP contribution in [-0.2, 0) is 0 Å². The minimum atomic E-state index is 0.309. The third kappa shape index (κ3) is 0.354. The number of hydrogen-bond acceptors (Lipinski definition) is 2. The van der Waals surface area contributed by atoms with Crippen molar-refractivity contribution in [2.75, 3.05) is 6.54 Å². The quantitative estimate of drug-likeness (QED) is 0.419. The van der Waals surface area contributed by atoms with Crippen molar-refractivity contribution in [2.45, 2.75) is 24.9 Å². The molecule has 2 heteroatoms. The third-order valence-electron chi connectivity index (χ3n) is 2.11. The Kier molecular flexibility index (Phi) is 0.671. The highest BCUT2D eigenvalue weighted by molar-refractivity contribution is 5.17. The fourth-order valence-corrected chi connectivity index (χ4v) is 1.60. The molecule has 0 aliphatic carbocycles. The lowest BCUT2D eigenvalue weighted by Crippen LogP contribution is -1.99. The fraction of sp³-hybridized carbons (Fsp3) is 0.833. The summed E-state index contributed by atoms with van der Waals surface area (Å²) in [6.07, 6.45) is 2.57. The van der Waals surface area contributed by atoms with E-state index in [2.05, 4.69) is 11.0 Å². The van der Waals surface area contributed by atoms with Gasteiger partial charge in [0.2, 0.25) is 0 Å². The first kappa shape index (κ1) is 4.34. The lowest BCUT2D eigenvalue weighted by atomic mass is 10.2. The summed E-state index contributed by atoms with van der Waals surface area (Å²) in [6, 6.07) is 3.24. The summed E-state index contributed by atoms with van der Waals surface area (Å²) >= 11 is 0. The monoisotopic (exact) mass is 108 g/mol. The standard InChI is InChI=1S/C6H8N2/c7-4-6-5-2-1-3-8(5)6/h5-6H,1-3H2. The first-order valence-electron chi connectivity index (χ1n) is 3.09. The zero-order valence-electron chi connectivity index (χ0n) is 4.67. The van der Waals surface area contributed by atoms with Crippen molar-refractivity contribution < 1.29 is 0 Å². The Morgan fingerprint density at radius 1 is 1.62 bits per heavy atom. The Labute approximate surface area is 48.7 Å². The number of rotatable bonds is 0. The van der Waals surface area contributed by atoms with Gasteiger partial charge in [-0.15, -0.1) is 0 Å². The molecule has 2 saturated heterocycles. The molecule has 3 atom stereocenters. The van der Waals surface area contributed by atoms with E-state index in [0.717, 1.165) is 0 Å². The van der Waals surface area contributed by atoms with Crippen LogP contribution in [0.4, 0.5) is 0 Å². The van der Waals surface area contributed by atoms with Gasteiger partial charge in [0.15, 0.2) is 0 Å². The smallest absolute Gasteiger partial charge is 0.114 e. The summed E-state index contributed by atoms with van der Waals surface area (Å²) in [5.41, 5.74) is 0. The molecule has 0 spiro atoms. The van der Waals surface area contributed by atoms with Crippen molar-refractivity contribution >= 4 is 0 Å². The highest BCUT2D eigenvalue weighted by atomic mass is 15.4. The van der Waals surface area contributed by atoms with Crippen molar-refractivity contribution in [3.05, 3.63) is 0 Å². The van der Waals surface area contributed by atoms with Gasteiger partial charge in [0.25, 0.3) is 0 Å². The summed E-state index contributed by atoms with van der Waals surface area (Å²) in [5, 5.41) is 8.42. The Balaban J connectivity index is 2.06. The minimum Gasteiger partial charge on any atom is -0.281 e. The zero-order valence-corrected chi connectivity index (χ0v) is 4.67. The molecular weight excluding hydrogens is 100 g/mol. The summed E-state index contributed by atoms with van der Waals surface area (Å²) in [5.74, 6) is 0. The molecule has 0 aromatic heterocycles. The van der Waals surface area contributed by atoms with E-state index in [-0.39, 0.29) is 0 Å². The van der Waals surface area contributed by atoms with Crippen LogP contribution in [0.25, 0.3) is 0 Å². The molecule has 3 unspecified atom stereocenters. The summed E-state index contributed by atoms with van der Waals surface area (Å²) < 4.78 is 0. The second kappa shape index (κ2) is 1.24. The number of nitrogens with zero attached hydrogens (tertiary/aromatic N) is 2. The van der Waals surface area contributed by atoms with E-state index in [1.165, 1.54) is 19.4 Å². The molecule has 0 bridgehead atoms. The molecule has 2 aliphatic heterocycles. The molecule has 2 rings (SSSR count). The minimum absolute atomic E-state index is 0.309. The van der Waals surface area contributed by atoms with Crippen LogP contribution in [0, 0.1) is 11.3 Å². The van der Waals surface area contributed by atoms with Gasteiger partial charge < -0.3 is 0 Å². The van der Waals surface area contributed by atoms with E-state index in [0.29, 0.717) is 12.1 Å². The third-order valence-corrected chi connectivity index (χ3v) is 2.11.